The highest BCUT2D eigenvalue weighted by molar-refractivity contribution is 5.83. The fourth-order valence-electron chi connectivity index (χ4n) is 1.59. The quantitative estimate of drug-likeness (QED) is 0.738. The van der Waals surface area contributed by atoms with Crippen LogP contribution in [0.5, 0.6) is 6.01 Å². The Morgan fingerprint density at radius 3 is 2.48 bits per heavy atom. The van der Waals surface area contributed by atoms with Crippen molar-refractivity contribution in [2.75, 3.05) is 37.4 Å². The number of amides is 1. The highest BCUT2D eigenvalue weighted by Gasteiger charge is 2.18. The molecule has 1 unspecified atom stereocenters. The summed E-state index contributed by atoms with van der Waals surface area (Å²) >= 11 is 0. The smallest absolute Gasteiger partial charge is 0.323 e. The molecule has 1 aromatic heterocycles. The molecule has 0 saturated carbocycles. The molecule has 21 heavy (non-hydrogen) atoms. The molecule has 1 aromatic rings. The van der Waals surface area contributed by atoms with Gasteiger partial charge < -0.3 is 20.3 Å². The molecule has 0 aromatic carbocycles. The summed E-state index contributed by atoms with van der Waals surface area (Å²) in [5.41, 5.74) is 0. The Labute approximate surface area is 125 Å². The minimum Gasteiger partial charge on any atom is -0.464 e. The van der Waals surface area contributed by atoms with Crippen LogP contribution in [-0.2, 0) is 4.79 Å². The first kappa shape index (κ1) is 16.9. The Kier molecular flexibility index (Phi) is 6.64. The number of ether oxygens (including phenoxy) is 1. The summed E-state index contributed by atoms with van der Waals surface area (Å²) in [7, 11) is 1.75. The first-order valence-electron chi connectivity index (χ1n) is 7.16. The molecule has 1 rings (SSSR count). The van der Waals surface area contributed by atoms with Crippen LogP contribution in [0.2, 0.25) is 0 Å². The third-order valence-electron chi connectivity index (χ3n) is 2.79. The third-order valence-corrected chi connectivity index (χ3v) is 2.79. The van der Waals surface area contributed by atoms with Gasteiger partial charge in [0.2, 0.25) is 17.8 Å². The van der Waals surface area contributed by atoms with E-state index in [1.165, 1.54) is 0 Å². The van der Waals surface area contributed by atoms with Crippen LogP contribution in [0, 0.1) is 0 Å². The lowest BCUT2D eigenvalue weighted by Crippen LogP contribution is -2.39. The third kappa shape index (κ3) is 5.05. The molecule has 0 fully saturated rings. The second-order valence-corrected chi connectivity index (χ2v) is 4.45. The lowest BCUT2D eigenvalue weighted by atomic mass is 10.3. The molecule has 0 aliphatic carbocycles. The van der Waals surface area contributed by atoms with Gasteiger partial charge in [-0.25, -0.2) is 0 Å². The Morgan fingerprint density at radius 1 is 1.24 bits per heavy atom. The van der Waals surface area contributed by atoms with E-state index in [4.69, 9.17) is 4.74 Å². The number of carbonyl (C=O) groups is 1. The Hall–Kier alpha value is -2.12. The Morgan fingerprint density at radius 2 is 1.90 bits per heavy atom. The fourth-order valence-corrected chi connectivity index (χ4v) is 1.59. The maximum Gasteiger partial charge on any atom is 0.323 e. The van der Waals surface area contributed by atoms with Gasteiger partial charge in [0.15, 0.2) is 0 Å². The van der Waals surface area contributed by atoms with Gasteiger partial charge >= 0.3 is 6.01 Å². The standard InChI is InChI=1S/C13H24N6O2/c1-6-14-11-16-12(18-13(17-11)21-8-3)15-9(4)10(20)19(5)7-2/h9H,6-8H2,1-5H3,(H2,14,15,16,17,18). The first-order valence-corrected chi connectivity index (χ1v) is 7.16. The average Bonchev–Trinajstić information content (AvgIpc) is 2.46. The molecule has 8 nitrogen and oxygen atoms in total. The summed E-state index contributed by atoms with van der Waals surface area (Å²) in [4.78, 5) is 26.2. The van der Waals surface area contributed by atoms with Gasteiger partial charge in [0, 0.05) is 20.1 Å². The van der Waals surface area contributed by atoms with Crippen LogP contribution >= 0.6 is 0 Å². The summed E-state index contributed by atoms with van der Waals surface area (Å²) in [6, 6.07) is -0.198. The maximum absolute atomic E-state index is 12.0. The van der Waals surface area contributed by atoms with Crippen molar-refractivity contribution >= 4 is 17.8 Å². The Balaban J connectivity index is 2.87. The van der Waals surface area contributed by atoms with Gasteiger partial charge in [0.1, 0.15) is 6.04 Å². The normalized spacial score (nSPS) is 11.7. The molecule has 1 heterocycles. The predicted octanol–water partition coefficient (Wildman–Crippen LogP) is 0.981. The second-order valence-electron chi connectivity index (χ2n) is 4.45. The number of nitrogens with zero attached hydrogens (tertiary/aromatic N) is 4. The van der Waals surface area contributed by atoms with Crippen molar-refractivity contribution in [1.29, 1.82) is 0 Å². The summed E-state index contributed by atoms with van der Waals surface area (Å²) in [5, 5.41) is 5.99. The summed E-state index contributed by atoms with van der Waals surface area (Å²) < 4.78 is 5.31. The molecule has 0 spiro atoms. The van der Waals surface area contributed by atoms with Crippen LogP contribution in [-0.4, -0.2) is 58.5 Å². The first-order chi connectivity index (χ1) is 10.0. The minimum absolute atomic E-state index is 0.0270. The zero-order chi connectivity index (χ0) is 15.8. The van der Waals surface area contributed by atoms with Crippen molar-refractivity contribution in [3.8, 4) is 6.01 Å². The molecule has 0 aliphatic heterocycles. The number of hydrogen-bond donors (Lipinski definition) is 2. The van der Waals surface area contributed by atoms with Crippen molar-refractivity contribution in [3.05, 3.63) is 0 Å². The molecule has 118 valence electrons. The molecule has 0 saturated heterocycles. The van der Waals surface area contributed by atoms with Crippen LogP contribution < -0.4 is 15.4 Å². The van der Waals surface area contributed by atoms with E-state index in [1.807, 2.05) is 20.8 Å². The zero-order valence-corrected chi connectivity index (χ0v) is 13.3. The lowest BCUT2D eigenvalue weighted by Gasteiger charge is -2.20. The molecule has 1 atom stereocenters. The maximum atomic E-state index is 12.0. The predicted molar refractivity (Wildman–Crippen MR) is 81.6 cm³/mol. The van der Waals surface area contributed by atoms with Crippen molar-refractivity contribution in [3.63, 3.8) is 0 Å². The number of carbonyl (C=O) groups excluding carboxylic acids is 1. The number of likely N-dealkylation sites (N-methyl/N-ethyl adjacent to an activating group) is 1. The van der Waals surface area contributed by atoms with Gasteiger partial charge in [0.05, 0.1) is 6.61 Å². The van der Waals surface area contributed by atoms with E-state index in [9.17, 15) is 4.79 Å². The van der Waals surface area contributed by atoms with E-state index in [1.54, 1.807) is 18.9 Å². The SMILES string of the molecule is CCNc1nc(NC(C)C(=O)N(C)CC)nc(OCC)n1. The van der Waals surface area contributed by atoms with Gasteiger partial charge in [0.25, 0.3) is 0 Å². The number of hydrogen-bond acceptors (Lipinski definition) is 7. The van der Waals surface area contributed by atoms with Gasteiger partial charge in [-0.1, -0.05) is 0 Å². The van der Waals surface area contributed by atoms with Crippen molar-refractivity contribution in [2.45, 2.75) is 33.7 Å². The van der Waals surface area contributed by atoms with Crippen LogP contribution in [0.4, 0.5) is 11.9 Å². The summed E-state index contributed by atoms with van der Waals surface area (Å²) in [6.45, 7) is 9.28. The van der Waals surface area contributed by atoms with Crippen LogP contribution in [0.1, 0.15) is 27.7 Å². The fraction of sp³-hybridized carbons (Fsp3) is 0.692. The van der Waals surface area contributed by atoms with Gasteiger partial charge in [-0.05, 0) is 27.7 Å². The molecular formula is C13H24N6O2. The van der Waals surface area contributed by atoms with Crippen molar-refractivity contribution in [2.24, 2.45) is 0 Å². The van der Waals surface area contributed by atoms with Gasteiger partial charge in [-0.3, -0.25) is 4.79 Å². The second kappa shape index (κ2) is 8.23. The van der Waals surface area contributed by atoms with Crippen molar-refractivity contribution < 1.29 is 9.53 Å². The van der Waals surface area contributed by atoms with E-state index in [-0.39, 0.29) is 11.9 Å². The Bertz CT molecular complexity index is 444. The number of nitrogens with one attached hydrogen (secondary N) is 2. The van der Waals surface area contributed by atoms with E-state index >= 15 is 0 Å². The molecule has 1 amide bonds. The van der Waals surface area contributed by atoms with E-state index < -0.39 is 6.04 Å². The monoisotopic (exact) mass is 296 g/mol. The summed E-state index contributed by atoms with van der Waals surface area (Å²) in [6.07, 6.45) is 0. The van der Waals surface area contributed by atoms with Crippen LogP contribution in [0.25, 0.3) is 0 Å². The van der Waals surface area contributed by atoms with Crippen LogP contribution in [0.3, 0.4) is 0 Å². The van der Waals surface area contributed by atoms with E-state index in [0.29, 0.717) is 31.6 Å². The van der Waals surface area contributed by atoms with Gasteiger partial charge in [-0.15, -0.1) is 0 Å². The molecule has 8 heteroatoms. The molecular weight excluding hydrogens is 272 g/mol. The highest BCUT2D eigenvalue weighted by Crippen LogP contribution is 2.12. The van der Waals surface area contributed by atoms with E-state index in [0.717, 1.165) is 0 Å². The number of rotatable bonds is 8. The molecule has 0 bridgehead atoms. The topological polar surface area (TPSA) is 92.3 Å². The molecule has 0 radical (unpaired) electrons. The van der Waals surface area contributed by atoms with Crippen LogP contribution in [0.15, 0.2) is 0 Å². The lowest BCUT2D eigenvalue weighted by molar-refractivity contribution is -0.130. The number of anilines is 2. The largest absolute Gasteiger partial charge is 0.464 e. The van der Waals surface area contributed by atoms with E-state index in [2.05, 4.69) is 25.6 Å². The zero-order valence-electron chi connectivity index (χ0n) is 13.3. The molecule has 2 N–H and O–H groups in total. The van der Waals surface area contributed by atoms with Gasteiger partial charge in [-0.2, -0.15) is 15.0 Å². The minimum atomic E-state index is -0.429. The van der Waals surface area contributed by atoms with Crippen molar-refractivity contribution in [1.82, 2.24) is 19.9 Å². The molecule has 0 aliphatic rings. The summed E-state index contributed by atoms with van der Waals surface area (Å²) in [5.74, 6) is 0.706. The number of aromatic nitrogens is 3. The average molecular weight is 296 g/mol. The highest BCUT2D eigenvalue weighted by atomic mass is 16.5.